The Morgan fingerprint density at radius 1 is 1.08 bits per heavy atom. The van der Waals surface area contributed by atoms with Crippen molar-refractivity contribution in [2.75, 3.05) is 0 Å². The number of rotatable bonds is 8. The van der Waals surface area contributed by atoms with Gasteiger partial charge in [0.25, 0.3) is 0 Å². The zero-order valence-electron chi connectivity index (χ0n) is 13.9. The fraction of sp³-hybridized carbons (Fsp3) is 0.316. The average molecular weight is 359 g/mol. The van der Waals surface area contributed by atoms with Crippen molar-refractivity contribution in [2.45, 2.75) is 39.0 Å². The molecule has 0 saturated heterocycles. The molecule has 0 spiro atoms. The third kappa shape index (κ3) is 4.90. The van der Waals surface area contributed by atoms with E-state index in [4.69, 9.17) is 4.74 Å². The summed E-state index contributed by atoms with van der Waals surface area (Å²) < 4.78 is 5.70. The Labute approximate surface area is 151 Å². The number of thiophene rings is 1. The molecule has 0 aliphatic carbocycles. The highest BCUT2D eigenvalue weighted by Gasteiger charge is 2.15. The highest BCUT2D eigenvalue weighted by molar-refractivity contribution is 7.09. The van der Waals surface area contributed by atoms with Crippen molar-refractivity contribution in [3.05, 3.63) is 68.8 Å². The summed E-state index contributed by atoms with van der Waals surface area (Å²) in [4.78, 5) is 4.50. The van der Waals surface area contributed by atoms with Gasteiger partial charge in [-0.2, -0.15) is 11.3 Å². The van der Waals surface area contributed by atoms with Gasteiger partial charge in [0.1, 0.15) is 10.8 Å². The van der Waals surface area contributed by atoms with Crippen LogP contribution in [0.25, 0.3) is 0 Å². The summed E-state index contributed by atoms with van der Waals surface area (Å²) in [5.74, 6) is 0.920. The summed E-state index contributed by atoms with van der Waals surface area (Å²) in [6.45, 7) is 4.90. The summed E-state index contributed by atoms with van der Waals surface area (Å²) >= 11 is 3.45. The number of thiazole rings is 1. The van der Waals surface area contributed by atoms with Gasteiger partial charge in [0.15, 0.2) is 0 Å². The van der Waals surface area contributed by atoms with E-state index < -0.39 is 0 Å². The number of aromatic nitrogens is 1. The normalized spacial score (nSPS) is 12.5. The quantitative estimate of drug-likeness (QED) is 0.611. The molecule has 1 aromatic carbocycles. The second-order valence-electron chi connectivity index (χ2n) is 5.95. The predicted octanol–water partition coefficient (Wildman–Crippen LogP) is 5.07. The van der Waals surface area contributed by atoms with Crippen molar-refractivity contribution in [2.24, 2.45) is 0 Å². The summed E-state index contributed by atoms with van der Waals surface area (Å²) in [6.07, 6.45) is 3.04. The van der Waals surface area contributed by atoms with Gasteiger partial charge in [-0.15, -0.1) is 11.3 Å². The number of nitrogens with one attached hydrogen (secondary N) is 1. The molecule has 0 aliphatic rings. The fourth-order valence-corrected chi connectivity index (χ4v) is 3.89. The van der Waals surface area contributed by atoms with Crippen molar-refractivity contribution in [3.8, 4) is 5.75 Å². The van der Waals surface area contributed by atoms with Crippen molar-refractivity contribution >= 4 is 22.7 Å². The van der Waals surface area contributed by atoms with Gasteiger partial charge in [-0.05, 0) is 60.4 Å². The van der Waals surface area contributed by atoms with Crippen LogP contribution in [0.2, 0.25) is 0 Å². The smallest absolute Gasteiger partial charge is 0.119 e. The van der Waals surface area contributed by atoms with Gasteiger partial charge in [-0.3, -0.25) is 0 Å². The lowest BCUT2D eigenvalue weighted by Gasteiger charge is -2.16. The first-order valence-corrected chi connectivity index (χ1v) is 9.92. The van der Waals surface area contributed by atoms with Gasteiger partial charge in [-0.25, -0.2) is 4.98 Å². The Morgan fingerprint density at radius 3 is 2.54 bits per heavy atom. The first-order chi connectivity index (χ1) is 11.7. The van der Waals surface area contributed by atoms with E-state index in [1.807, 2.05) is 37.6 Å². The summed E-state index contributed by atoms with van der Waals surface area (Å²) in [5.41, 5.74) is 2.60. The number of nitrogens with zero attached hydrogens (tertiary/aromatic N) is 1. The van der Waals surface area contributed by atoms with E-state index in [2.05, 4.69) is 39.3 Å². The van der Waals surface area contributed by atoms with E-state index in [1.54, 1.807) is 22.7 Å². The first-order valence-electron chi connectivity index (χ1n) is 8.10. The zero-order valence-corrected chi connectivity index (χ0v) is 15.6. The van der Waals surface area contributed by atoms with Crippen LogP contribution in [-0.4, -0.2) is 11.1 Å². The molecule has 3 rings (SSSR count). The number of benzene rings is 1. The number of hydrogen-bond acceptors (Lipinski definition) is 5. The second kappa shape index (κ2) is 8.42. The highest BCUT2D eigenvalue weighted by Crippen LogP contribution is 2.23. The second-order valence-corrected chi connectivity index (χ2v) is 7.66. The Balaban J connectivity index is 1.63. The Kier molecular flexibility index (Phi) is 6.01. The monoisotopic (exact) mass is 358 g/mol. The lowest BCUT2D eigenvalue weighted by molar-refractivity contribution is 0.242. The molecular weight excluding hydrogens is 336 g/mol. The van der Waals surface area contributed by atoms with Gasteiger partial charge in [-0.1, -0.05) is 12.1 Å². The van der Waals surface area contributed by atoms with E-state index in [1.165, 1.54) is 11.1 Å². The third-order valence-electron chi connectivity index (χ3n) is 3.62. The maximum atomic E-state index is 5.70. The van der Waals surface area contributed by atoms with Crippen LogP contribution in [0.5, 0.6) is 5.75 Å². The Bertz CT molecular complexity index is 706. The fourth-order valence-electron chi connectivity index (χ4n) is 2.50. The molecule has 0 radical (unpaired) electrons. The van der Waals surface area contributed by atoms with E-state index >= 15 is 0 Å². The molecule has 2 heterocycles. The standard InChI is InChI=1S/C19H22N2OS2/c1-14(2)22-17-5-3-15(4-6-17)12-21-18(19-20-8-10-24-19)11-16-7-9-23-13-16/h3-10,13-14,18,21H,11-12H2,1-2H3. The molecule has 126 valence electrons. The molecule has 1 unspecified atom stereocenters. The molecule has 0 fully saturated rings. The molecular formula is C19H22N2OS2. The van der Waals surface area contributed by atoms with Gasteiger partial charge in [0, 0.05) is 18.1 Å². The van der Waals surface area contributed by atoms with Crippen LogP contribution in [0.4, 0.5) is 0 Å². The molecule has 0 aliphatic heterocycles. The van der Waals surface area contributed by atoms with Crippen molar-refractivity contribution in [1.82, 2.24) is 10.3 Å². The SMILES string of the molecule is CC(C)Oc1ccc(CNC(Cc2ccsc2)c2nccs2)cc1. The van der Waals surface area contributed by atoms with Crippen LogP contribution >= 0.6 is 22.7 Å². The van der Waals surface area contributed by atoms with Crippen LogP contribution in [0.3, 0.4) is 0 Å². The molecule has 0 saturated carbocycles. The molecule has 1 N–H and O–H groups in total. The van der Waals surface area contributed by atoms with Crippen LogP contribution < -0.4 is 10.1 Å². The van der Waals surface area contributed by atoms with Crippen molar-refractivity contribution in [3.63, 3.8) is 0 Å². The van der Waals surface area contributed by atoms with Gasteiger partial charge < -0.3 is 10.1 Å². The van der Waals surface area contributed by atoms with Crippen molar-refractivity contribution < 1.29 is 4.74 Å². The van der Waals surface area contributed by atoms with Crippen LogP contribution in [0, 0.1) is 0 Å². The molecule has 5 heteroatoms. The average Bonchev–Trinajstić information content (AvgIpc) is 3.26. The largest absolute Gasteiger partial charge is 0.491 e. The number of ether oxygens (including phenoxy) is 1. The Morgan fingerprint density at radius 2 is 1.92 bits per heavy atom. The maximum Gasteiger partial charge on any atom is 0.119 e. The molecule has 2 aromatic heterocycles. The summed E-state index contributed by atoms with van der Waals surface area (Å²) in [5, 5.41) is 11.2. The molecule has 3 nitrogen and oxygen atoms in total. The Hall–Kier alpha value is -1.69. The van der Waals surface area contributed by atoms with E-state index in [0.717, 1.165) is 23.7 Å². The van der Waals surface area contributed by atoms with E-state index in [9.17, 15) is 0 Å². The minimum atomic E-state index is 0.203. The first kappa shape index (κ1) is 17.1. The van der Waals surface area contributed by atoms with E-state index in [0.29, 0.717) is 0 Å². The minimum absolute atomic E-state index is 0.203. The topological polar surface area (TPSA) is 34.1 Å². The maximum absolute atomic E-state index is 5.70. The molecule has 3 aromatic rings. The lowest BCUT2D eigenvalue weighted by Crippen LogP contribution is -2.22. The minimum Gasteiger partial charge on any atom is -0.491 e. The predicted molar refractivity (Wildman–Crippen MR) is 102 cm³/mol. The third-order valence-corrected chi connectivity index (χ3v) is 5.24. The summed E-state index contributed by atoms with van der Waals surface area (Å²) in [7, 11) is 0. The van der Waals surface area contributed by atoms with Crippen LogP contribution in [-0.2, 0) is 13.0 Å². The zero-order chi connectivity index (χ0) is 16.8. The van der Waals surface area contributed by atoms with Crippen molar-refractivity contribution in [1.29, 1.82) is 0 Å². The molecule has 24 heavy (non-hydrogen) atoms. The summed E-state index contributed by atoms with van der Waals surface area (Å²) in [6, 6.07) is 10.7. The number of hydrogen-bond donors (Lipinski definition) is 1. The lowest BCUT2D eigenvalue weighted by atomic mass is 10.1. The highest BCUT2D eigenvalue weighted by atomic mass is 32.1. The molecule has 0 bridgehead atoms. The van der Waals surface area contributed by atoms with Gasteiger partial charge >= 0.3 is 0 Å². The van der Waals surface area contributed by atoms with E-state index in [-0.39, 0.29) is 12.1 Å². The molecule has 0 amide bonds. The van der Waals surface area contributed by atoms with Crippen LogP contribution in [0.15, 0.2) is 52.7 Å². The van der Waals surface area contributed by atoms with Gasteiger partial charge in [0.2, 0.25) is 0 Å². The van der Waals surface area contributed by atoms with Gasteiger partial charge in [0.05, 0.1) is 12.1 Å². The van der Waals surface area contributed by atoms with Crippen LogP contribution in [0.1, 0.15) is 36.0 Å². The molecule has 1 atom stereocenters.